The van der Waals surface area contributed by atoms with Gasteiger partial charge in [0.25, 0.3) is 0 Å². The quantitative estimate of drug-likeness (QED) is 0.767. The summed E-state index contributed by atoms with van der Waals surface area (Å²) in [7, 11) is 0. The number of carbonyl (C=O) groups excluding carboxylic acids is 1. The molecule has 0 aromatic heterocycles. The molecule has 0 saturated carbocycles. The lowest BCUT2D eigenvalue weighted by Crippen LogP contribution is -2.36. The summed E-state index contributed by atoms with van der Waals surface area (Å²) in [6.07, 6.45) is 1.06. The van der Waals surface area contributed by atoms with Gasteiger partial charge in [-0.15, -0.1) is 0 Å². The van der Waals surface area contributed by atoms with Crippen molar-refractivity contribution in [2.24, 2.45) is 5.73 Å². The summed E-state index contributed by atoms with van der Waals surface area (Å²) in [6.45, 7) is 4.09. The third-order valence-electron chi connectivity index (χ3n) is 3.05. The Labute approximate surface area is 106 Å². The molecule has 1 aliphatic heterocycles. The van der Waals surface area contributed by atoms with Crippen LogP contribution >= 0.6 is 11.6 Å². The number of hydrogen-bond donors (Lipinski definition) is 3. The van der Waals surface area contributed by atoms with E-state index in [2.05, 4.69) is 17.6 Å². The van der Waals surface area contributed by atoms with Gasteiger partial charge in [0.15, 0.2) is 0 Å². The zero-order valence-electron chi connectivity index (χ0n) is 9.72. The molecule has 92 valence electrons. The zero-order chi connectivity index (χ0) is 12.5. The number of hydrogen-bond acceptors (Lipinski definition) is 3. The molecule has 1 amide bonds. The van der Waals surface area contributed by atoms with Gasteiger partial charge in [-0.25, -0.2) is 0 Å². The molecule has 0 aliphatic carbocycles. The first-order valence-corrected chi connectivity index (χ1v) is 5.96. The molecule has 1 aromatic carbocycles. The van der Waals surface area contributed by atoms with Gasteiger partial charge < -0.3 is 16.4 Å². The molecular weight excluding hydrogens is 238 g/mol. The molecule has 5 heteroatoms. The Morgan fingerprint density at radius 2 is 2.35 bits per heavy atom. The summed E-state index contributed by atoms with van der Waals surface area (Å²) >= 11 is 6.00. The number of benzene rings is 1. The van der Waals surface area contributed by atoms with Crippen molar-refractivity contribution in [3.63, 3.8) is 0 Å². The average molecular weight is 254 g/mol. The molecule has 2 rings (SSSR count). The third kappa shape index (κ3) is 2.70. The summed E-state index contributed by atoms with van der Waals surface area (Å²) in [5.74, 6) is -0.504. The predicted molar refractivity (Wildman–Crippen MR) is 69.5 cm³/mol. The van der Waals surface area contributed by atoms with E-state index in [4.69, 9.17) is 17.3 Å². The molecule has 1 atom stereocenters. The summed E-state index contributed by atoms with van der Waals surface area (Å²) < 4.78 is 0. The van der Waals surface area contributed by atoms with Crippen molar-refractivity contribution in [3.05, 3.63) is 28.8 Å². The smallest absolute Gasteiger partial charge is 0.250 e. The van der Waals surface area contributed by atoms with Crippen molar-refractivity contribution in [1.82, 2.24) is 5.32 Å². The molecule has 1 aliphatic rings. The standard InChI is InChI=1S/C12H16ClN3O/c1-12(4-5-15-7-12)16-8-2-3-9(11(14)17)10(13)6-8/h2-3,6,15-16H,4-5,7H2,1H3,(H2,14,17). The molecule has 0 spiro atoms. The Kier molecular flexibility index (Phi) is 3.26. The minimum atomic E-state index is -0.504. The van der Waals surface area contributed by atoms with Gasteiger partial charge in [-0.1, -0.05) is 11.6 Å². The summed E-state index contributed by atoms with van der Waals surface area (Å²) in [4.78, 5) is 11.0. The zero-order valence-corrected chi connectivity index (χ0v) is 10.5. The minimum absolute atomic E-state index is 0.0393. The van der Waals surface area contributed by atoms with E-state index in [1.54, 1.807) is 12.1 Å². The maximum absolute atomic E-state index is 11.0. The second kappa shape index (κ2) is 4.55. The number of halogens is 1. The van der Waals surface area contributed by atoms with Gasteiger partial charge in [0.1, 0.15) is 0 Å². The van der Waals surface area contributed by atoms with Crippen molar-refractivity contribution < 1.29 is 4.79 Å². The maximum Gasteiger partial charge on any atom is 0.250 e. The van der Waals surface area contributed by atoms with Crippen LogP contribution in [-0.4, -0.2) is 24.5 Å². The van der Waals surface area contributed by atoms with Gasteiger partial charge in [0, 0.05) is 17.8 Å². The number of nitrogens with one attached hydrogen (secondary N) is 2. The van der Waals surface area contributed by atoms with E-state index in [0.717, 1.165) is 25.2 Å². The van der Waals surface area contributed by atoms with Gasteiger partial charge in [-0.05, 0) is 38.1 Å². The lowest BCUT2D eigenvalue weighted by atomic mass is 10.0. The van der Waals surface area contributed by atoms with E-state index < -0.39 is 5.91 Å². The predicted octanol–water partition coefficient (Wildman–Crippen LogP) is 1.60. The van der Waals surface area contributed by atoms with Crippen molar-refractivity contribution >= 4 is 23.2 Å². The third-order valence-corrected chi connectivity index (χ3v) is 3.36. The number of anilines is 1. The van der Waals surface area contributed by atoms with Crippen molar-refractivity contribution in [1.29, 1.82) is 0 Å². The van der Waals surface area contributed by atoms with Crippen molar-refractivity contribution in [2.45, 2.75) is 18.9 Å². The lowest BCUT2D eigenvalue weighted by molar-refractivity contribution is 0.100. The van der Waals surface area contributed by atoms with Crippen LogP contribution in [0.25, 0.3) is 0 Å². The molecule has 4 N–H and O–H groups in total. The van der Waals surface area contributed by atoms with E-state index in [1.807, 2.05) is 6.07 Å². The molecule has 17 heavy (non-hydrogen) atoms. The van der Waals surface area contributed by atoms with Crippen molar-refractivity contribution in [3.8, 4) is 0 Å². The normalized spacial score (nSPS) is 23.6. The van der Waals surface area contributed by atoms with Crippen LogP contribution in [0.1, 0.15) is 23.7 Å². The van der Waals surface area contributed by atoms with Crippen LogP contribution in [0.4, 0.5) is 5.69 Å². The van der Waals surface area contributed by atoms with Gasteiger partial charge in [0.05, 0.1) is 10.6 Å². The summed E-state index contributed by atoms with van der Waals surface area (Å²) in [5, 5.41) is 7.12. The number of amides is 1. The van der Waals surface area contributed by atoms with Crippen LogP contribution in [0, 0.1) is 0 Å². The van der Waals surface area contributed by atoms with E-state index in [1.165, 1.54) is 0 Å². The van der Waals surface area contributed by atoms with Crippen LogP contribution in [0.2, 0.25) is 5.02 Å². The molecule has 0 bridgehead atoms. The Morgan fingerprint density at radius 1 is 1.59 bits per heavy atom. The van der Waals surface area contributed by atoms with Gasteiger partial charge in [0.2, 0.25) is 5.91 Å². The molecule has 1 aromatic rings. The first-order valence-electron chi connectivity index (χ1n) is 5.58. The van der Waals surface area contributed by atoms with Crippen LogP contribution in [0.5, 0.6) is 0 Å². The molecule has 1 heterocycles. The monoisotopic (exact) mass is 253 g/mol. The molecule has 1 fully saturated rings. The molecule has 1 saturated heterocycles. The fraction of sp³-hybridized carbons (Fsp3) is 0.417. The fourth-order valence-corrected chi connectivity index (χ4v) is 2.34. The van der Waals surface area contributed by atoms with Gasteiger partial charge >= 0.3 is 0 Å². The van der Waals surface area contributed by atoms with Crippen LogP contribution in [0.3, 0.4) is 0 Å². The highest BCUT2D eigenvalue weighted by Gasteiger charge is 2.28. The highest BCUT2D eigenvalue weighted by molar-refractivity contribution is 6.34. The largest absolute Gasteiger partial charge is 0.379 e. The summed E-state index contributed by atoms with van der Waals surface area (Å²) in [6, 6.07) is 5.22. The summed E-state index contributed by atoms with van der Waals surface area (Å²) in [5.41, 5.74) is 6.50. The van der Waals surface area contributed by atoms with Gasteiger partial charge in [-0.3, -0.25) is 4.79 Å². The molecule has 4 nitrogen and oxygen atoms in total. The lowest BCUT2D eigenvalue weighted by Gasteiger charge is -2.26. The second-order valence-electron chi connectivity index (χ2n) is 4.67. The Balaban J connectivity index is 2.17. The van der Waals surface area contributed by atoms with Gasteiger partial charge in [-0.2, -0.15) is 0 Å². The van der Waals surface area contributed by atoms with E-state index in [9.17, 15) is 4.79 Å². The average Bonchev–Trinajstić information content (AvgIpc) is 2.64. The van der Waals surface area contributed by atoms with Crippen LogP contribution < -0.4 is 16.4 Å². The number of carbonyl (C=O) groups is 1. The first kappa shape index (κ1) is 12.2. The SMILES string of the molecule is CC1(Nc2ccc(C(N)=O)c(Cl)c2)CCNC1. The fourth-order valence-electron chi connectivity index (χ4n) is 2.06. The number of rotatable bonds is 3. The molecular formula is C12H16ClN3O. The second-order valence-corrected chi connectivity index (χ2v) is 5.08. The number of nitrogens with two attached hydrogens (primary N) is 1. The maximum atomic E-state index is 11.0. The Hall–Kier alpha value is -1.26. The Bertz CT molecular complexity index is 441. The van der Waals surface area contributed by atoms with E-state index in [-0.39, 0.29) is 5.54 Å². The van der Waals surface area contributed by atoms with E-state index in [0.29, 0.717) is 10.6 Å². The van der Waals surface area contributed by atoms with Crippen LogP contribution in [-0.2, 0) is 0 Å². The highest BCUT2D eigenvalue weighted by atomic mass is 35.5. The van der Waals surface area contributed by atoms with E-state index >= 15 is 0 Å². The van der Waals surface area contributed by atoms with Crippen LogP contribution in [0.15, 0.2) is 18.2 Å². The topological polar surface area (TPSA) is 67.1 Å². The highest BCUT2D eigenvalue weighted by Crippen LogP contribution is 2.25. The Morgan fingerprint density at radius 3 is 2.88 bits per heavy atom. The molecule has 0 radical (unpaired) electrons. The minimum Gasteiger partial charge on any atom is -0.379 e. The first-order chi connectivity index (χ1) is 8.00. The van der Waals surface area contributed by atoms with Crippen molar-refractivity contribution in [2.75, 3.05) is 18.4 Å². The number of primary amides is 1. The molecule has 1 unspecified atom stereocenters.